The van der Waals surface area contributed by atoms with Gasteiger partial charge in [-0.25, -0.2) is 4.98 Å². The summed E-state index contributed by atoms with van der Waals surface area (Å²) in [5, 5.41) is 3.10. The molecule has 3 aromatic rings. The number of esters is 1. The second-order valence-corrected chi connectivity index (χ2v) is 7.30. The fraction of sp³-hybridized carbons (Fsp3) is 0.190. The highest BCUT2D eigenvalue weighted by Crippen LogP contribution is 2.29. The SMILES string of the molecule is O=C1CN(C(=O)CCC(=O)OCc2cc(=O)n3cc(Cl)ccc3n2)c2ccccc2N1. The van der Waals surface area contributed by atoms with Gasteiger partial charge in [0.1, 0.15) is 18.8 Å². The highest BCUT2D eigenvalue weighted by atomic mass is 35.5. The van der Waals surface area contributed by atoms with Gasteiger partial charge in [-0.3, -0.25) is 23.6 Å². The third kappa shape index (κ3) is 4.56. The summed E-state index contributed by atoms with van der Waals surface area (Å²) >= 11 is 5.88. The number of carbonyl (C=O) groups is 3. The maximum absolute atomic E-state index is 12.6. The molecule has 0 bridgehead atoms. The number of halogens is 1. The molecule has 0 aliphatic carbocycles. The Morgan fingerprint density at radius 3 is 2.77 bits per heavy atom. The van der Waals surface area contributed by atoms with Gasteiger partial charge in [0.25, 0.3) is 5.56 Å². The van der Waals surface area contributed by atoms with Crippen LogP contribution in [0, 0.1) is 0 Å². The van der Waals surface area contributed by atoms with Crippen LogP contribution >= 0.6 is 11.6 Å². The van der Waals surface area contributed by atoms with E-state index in [2.05, 4.69) is 10.3 Å². The summed E-state index contributed by atoms with van der Waals surface area (Å²) in [6, 6.07) is 11.4. The third-order valence-corrected chi connectivity index (χ3v) is 4.90. The molecule has 2 aromatic heterocycles. The van der Waals surface area contributed by atoms with E-state index in [0.717, 1.165) is 0 Å². The van der Waals surface area contributed by atoms with Crippen LogP contribution in [0.4, 0.5) is 11.4 Å². The Hall–Kier alpha value is -3.72. The van der Waals surface area contributed by atoms with Gasteiger partial charge in [0.15, 0.2) is 0 Å². The van der Waals surface area contributed by atoms with E-state index >= 15 is 0 Å². The van der Waals surface area contributed by atoms with Crippen molar-refractivity contribution in [2.75, 3.05) is 16.8 Å². The minimum atomic E-state index is -0.610. The Morgan fingerprint density at radius 1 is 1.13 bits per heavy atom. The van der Waals surface area contributed by atoms with Gasteiger partial charge in [-0.15, -0.1) is 0 Å². The summed E-state index contributed by atoms with van der Waals surface area (Å²) in [7, 11) is 0. The minimum Gasteiger partial charge on any atom is -0.459 e. The number of nitrogens with one attached hydrogen (secondary N) is 1. The van der Waals surface area contributed by atoms with Gasteiger partial charge in [-0.2, -0.15) is 0 Å². The monoisotopic (exact) mass is 440 g/mol. The van der Waals surface area contributed by atoms with Gasteiger partial charge in [0, 0.05) is 18.7 Å². The number of fused-ring (bicyclic) bond motifs is 2. The first-order valence-electron chi connectivity index (χ1n) is 9.43. The fourth-order valence-corrected chi connectivity index (χ4v) is 3.39. The number of hydrogen-bond acceptors (Lipinski definition) is 6. The van der Waals surface area contributed by atoms with Crippen LogP contribution in [-0.4, -0.2) is 33.7 Å². The van der Waals surface area contributed by atoms with Crippen molar-refractivity contribution in [3.63, 3.8) is 0 Å². The first kappa shape index (κ1) is 20.5. The van der Waals surface area contributed by atoms with Crippen LogP contribution < -0.4 is 15.8 Å². The number of carbonyl (C=O) groups excluding carboxylic acids is 3. The summed E-state index contributed by atoms with van der Waals surface area (Å²) in [5.41, 5.74) is 1.44. The number of anilines is 2. The molecule has 1 aromatic carbocycles. The molecule has 0 fully saturated rings. The molecule has 9 nitrogen and oxygen atoms in total. The molecule has 1 aliphatic heterocycles. The number of benzene rings is 1. The summed E-state index contributed by atoms with van der Waals surface area (Å²) in [5.74, 6) is -1.27. The molecule has 0 saturated carbocycles. The van der Waals surface area contributed by atoms with Crippen LogP contribution in [0.5, 0.6) is 0 Å². The van der Waals surface area contributed by atoms with E-state index in [1.807, 2.05) is 0 Å². The van der Waals surface area contributed by atoms with Gasteiger partial charge in [0.2, 0.25) is 11.8 Å². The predicted molar refractivity (Wildman–Crippen MR) is 113 cm³/mol. The Labute approximate surface area is 181 Å². The fourth-order valence-electron chi connectivity index (χ4n) is 3.23. The second kappa shape index (κ2) is 8.57. The molecule has 31 heavy (non-hydrogen) atoms. The van der Waals surface area contributed by atoms with Crippen molar-refractivity contribution in [2.24, 2.45) is 0 Å². The van der Waals surface area contributed by atoms with Crippen LogP contribution in [0.1, 0.15) is 18.5 Å². The van der Waals surface area contributed by atoms with E-state index in [-0.39, 0.29) is 49.1 Å². The number of aromatic nitrogens is 2. The van der Waals surface area contributed by atoms with Gasteiger partial charge >= 0.3 is 5.97 Å². The Balaban J connectivity index is 1.35. The van der Waals surface area contributed by atoms with Crippen molar-refractivity contribution in [3.05, 3.63) is 69.7 Å². The molecule has 10 heteroatoms. The van der Waals surface area contributed by atoms with E-state index in [1.54, 1.807) is 36.4 Å². The molecular weight excluding hydrogens is 424 g/mol. The minimum absolute atomic E-state index is 0.111. The van der Waals surface area contributed by atoms with Gasteiger partial charge in [-0.1, -0.05) is 23.7 Å². The predicted octanol–water partition coefficient (Wildman–Crippen LogP) is 2.16. The van der Waals surface area contributed by atoms with Crippen molar-refractivity contribution in [3.8, 4) is 0 Å². The number of rotatable bonds is 5. The molecule has 1 aliphatic rings. The molecule has 0 saturated heterocycles. The van der Waals surface area contributed by atoms with Crippen molar-refractivity contribution >= 4 is 46.4 Å². The quantitative estimate of drug-likeness (QED) is 0.609. The molecule has 1 N–H and O–H groups in total. The number of amides is 2. The van der Waals surface area contributed by atoms with E-state index in [9.17, 15) is 19.2 Å². The molecule has 158 valence electrons. The number of nitrogens with zero attached hydrogens (tertiary/aromatic N) is 3. The molecule has 0 atom stereocenters. The molecular formula is C21H17ClN4O5. The topological polar surface area (TPSA) is 110 Å². The van der Waals surface area contributed by atoms with Crippen LogP contribution in [0.15, 0.2) is 53.5 Å². The molecule has 2 amide bonds. The lowest BCUT2D eigenvalue weighted by Gasteiger charge is -2.29. The first-order chi connectivity index (χ1) is 14.9. The van der Waals surface area contributed by atoms with Crippen LogP contribution in [-0.2, 0) is 25.7 Å². The van der Waals surface area contributed by atoms with Crippen molar-refractivity contribution in [1.82, 2.24) is 9.38 Å². The van der Waals surface area contributed by atoms with Gasteiger partial charge in [0.05, 0.1) is 28.5 Å². The summed E-state index contributed by atoms with van der Waals surface area (Å²) in [4.78, 5) is 54.3. The lowest BCUT2D eigenvalue weighted by atomic mass is 10.1. The van der Waals surface area contributed by atoms with E-state index in [1.165, 1.54) is 21.6 Å². The van der Waals surface area contributed by atoms with E-state index in [0.29, 0.717) is 22.0 Å². The number of pyridine rings is 1. The van der Waals surface area contributed by atoms with Crippen molar-refractivity contribution in [2.45, 2.75) is 19.4 Å². The average Bonchev–Trinajstić information content (AvgIpc) is 2.76. The van der Waals surface area contributed by atoms with Crippen molar-refractivity contribution in [1.29, 1.82) is 0 Å². The zero-order valence-corrected chi connectivity index (χ0v) is 17.0. The number of ether oxygens (including phenoxy) is 1. The summed E-state index contributed by atoms with van der Waals surface area (Å²) in [6.45, 7) is -0.309. The smallest absolute Gasteiger partial charge is 0.306 e. The van der Waals surface area contributed by atoms with Crippen LogP contribution in [0.25, 0.3) is 5.65 Å². The maximum atomic E-state index is 12.6. The number of hydrogen-bond donors (Lipinski definition) is 1. The van der Waals surface area contributed by atoms with Crippen LogP contribution in [0.2, 0.25) is 5.02 Å². The zero-order valence-electron chi connectivity index (χ0n) is 16.2. The highest BCUT2D eigenvalue weighted by Gasteiger charge is 2.26. The molecule has 0 radical (unpaired) electrons. The average molecular weight is 441 g/mol. The highest BCUT2D eigenvalue weighted by molar-refractivity contribution is 6.30. The lowest BCUT2D eigenvalue weighted by Crippen LogP contribution is -2.42. The number of para-hydroxylation sites is 2. The summed E-state index contributed by atoms with van der Waals surface area (Å²) < 4.78 is 6.45. The zero-order chi connectivity index (χ0) is 22.0. The first-order valence-corrected chi connectivity index (χ1v) is 9.81. The molecule has 3 heterocycles. The molecule has 0 spiro atoms. The standard InChI is InChI=1S/C21H17ClN4O5/c22-13-5-6-17-23-14(9-20(29)26(17)10-13)12-31-21(30)8-7-19(28)25-11-18(27)24-15-3-1-2-4-16(15)25/h1-6,9-10H,7-8,11-12H2,(H,24,27). The maximum Gasteiger partial charge on any atom is 0.306 e. The lowest BCUT2D eigenvalue weighted by molar-refractivity contribution is -0.146. The summed E-state index contributed by atoms with van der Waals surface area (Å²) in [6.07, 6.45) is 1.17. The Kier molecular flexibility index (Phi) is 5.68. The molecule has 0 unspecified atom stereocenters. The van der Waals surface area contributed by atoms with Crippen molar-refractivity contribution < 1.29 is 19.1 Å². The normalized spacial score (nSPS) is 12.9. The largest absolute Gasteiger partial charge is 0.459 e. The van der Waals surface area contributed by atoms with Gasteiger partial charge < -0.3 is 15.0 Å². The molecule has 4 rings (SSSR count). The van der Waals surface area contributed by atoms with E-state index < -0.39 is 5.97 Å². The van der Waals surface area contributed by atoms with E-state index in [4.69, 9.17) is 16.3 Å². The van der Waals surface area contributed by atoms with Gasteiger partial charge in [-0.05, 0) is 24.3 Å². The Bertz CT molecular complexity index is 1260. The van der Waals surface area contributed by atoms with Crippen LogP contribution in [0.3, 0.4) is 0 Å². The Morgan fingerprint density at radius 2 is 1.94 bits per heavy atom. The second-order valence-electron chi connectivity index (χ2n) is 6.87. The third-order valence-electron chi connectivity index (χ3n) is 4.67.